The SMILES string of the molecule is CC(C)C1(O)[C@@H]2CC3C[C@H]1CC(O)(C3)C2. The first-order valence-corrected chi connectivity index (χ1v) is 6.39. The van der Waals surface area contributed by atoms with Crippen LogP contribution >= 0.6 is 0 Å². The maximum absolute atomic E-state index is 10.9. The summed E-state index contributed by atoms with van der Waals surface area (Å²) in [6.07, 6.45) is 4.97. The van der Waals surface area contributed by atoms with E-state index in [0.29, 0.717) is 23.7 Å². The molecular formula is C13H22O2. The summed E-state index contributed by atoms with van der Waals surface area (Å²) in [6.45, 7) is 4.26. The molecule has 0 heterocycles. The van der Waals surface area contributed by atoms with Crippen molar-refractivity contribution in [2.75, 3.05) is 0 Å². The van der Waals surface area contributed by atoms with Crippen LogP contribution in [0.5, 0.6) is 0 Å². The van der Waals surface area contributed by atoms with Gasteiger partial charge < -0.3 is 10.2 Å². The fourth-order valence-corrected chi connectivity index (χ4v) is 4.92. The van der Waals surface area contributed by atoms with Gasteiger partial charge in [-0.1, -0.05) is 13.8 Å². The van der Waals surface area contributed by atoms with Gasteiger partial charge in [0, 0.05) is 0 Å². The molecular weight excluding hydrogens is 188 g/mol. The third-order valence-electron chi connectivity index (χ3n) is 5.39. The van der Waals surface area contributed by atoms with E-state index in [1.54, 1.807) is 0 Å². The van der Waals surface area contributed by atoms with E-state index in [-0.39, 0.29) is 0 Å². The van der Waals surface area contributed by atoms with Crippen molar-refractivity contribution in [3.05, 3.63) is 0 Å². The maximum atomic E-state index is 10.9. The Kier molecular flexibility index (Phi) is 1.87. The zero-order chi connectivity index (χ0) is 10.8. The molecule has 2 nitrogen and oxygen atoms in total. The lowest BCUT2D eigenvalue weighted by molar-refractivity contribution is -0.241. The summed E-state index contributed by atoms with van der Waals surface area (Å²) in [5.41, 5.74) is -0.902. The average Bonchev–Trinajstić information content (AvgIpc) is 2.10. The fraction of sp³-hybridized carbons (Fsp3) is 1.00. The monoisotopic (exact) mass is 210 g/mol. The van der Waals surface area contributed by atoms with Gasteiger partial charge in [-0.15, -0.1) is 0 Å². The quantitative estimate of drug-likeness (QED) is 0.694. The third-order valence-corrected chi connectivity index (χ3v) is 5.39. The van der Waals surface area contributed by atoms with Crippen LogP contribution < -0.4 is 0 Å². The molecule has 0 aromatic heterocycles. The molecule has 0 radical (unpaired) electrons. The Morgan fingerprint density at radius 1 is 1.00 bits per heavy atom. The zero-order valence-electron chi connectivity index (χ0n) is 9.74. The lowest BCUT2D eigenvalue weighted by Gasteiger charge is -2.63. The fourth-order valence-electron chi connectivity index (χ4n) is 4.92. The highest BCUT2D eigenvalue weighted by molar-refractivity contribution is 5.13. The summed E-state index contributed by atoms with van der Waals surface area (Å²) in [5, 5.41) is 21.3. The second kappa shape index (κ2) is 2.78. The van der Waals surface area contributed by atoms with Gasteiger partial charge in [0.15, 0.2) is 0 Å². The Morgan fingerprint density at radius 2 is 1.53 bits per heavy atom. The van der Waals surface area contributed by atoms with Crippen molar-refractivity contribution >= 4 is 0 Å². The molecule has 0 aromatic carbocycles. The van der Waals surface area contributed by atoms with E-state index in [1.807, 2.05) is 0 Å². The van der Waals surface area contributed by atoms with E-state index >= 15 is 0 Å². The molecule has 86 valence electrons. The lowest BCUT2D eigenvalue weighted by Crippen LogP contribution is -2.65. The van der Waals surface area contributed by atoms with Gasteiger partial charge in [-0.25, -0.2) is 0 Å². The predicted molar refractivity (Wildman–Crippen MR) is 58.3 cm³/mol. The van der Waals surface area contributed by atoms with Crippen molar-refractivity contribution in [2.24, 2.45) is 23.7 Å². The first-order chi connectivity index (χ1) is 6.94. The Morgan fingerprint density at radius 3 is 1.93 bits per heavy atom. The standard InChI is InChI=1S/C13H22O2/c1-8(2)13(15)10-3-9-4-11(13)7-12(14,5-9)6-10/h8-11,14-15H,3-7H2,1-2H3/t9?,10-,11+,12?,13?. The molecule has 4 rings (SSSR count). The average molecular weight is 210 g/mol. The van der Waals surface area contributed by atoms with Crippen molar-refractivity contribution in [2.45, 2.75) is 57.2 Å². The molecule has 0 aliphatic heterocycles. The summed E-state index contributed by atoms with van der Waals surface area (Å²) in [5.74, 6) is 1.73. The first kappa shape index (κ1) is 10.1. The molecule has 4 saturated carbocycles. The van der Waals surface area contributed by atoms with Crippen LogP contribution in [0.25, 0.3) is 0 Å². The Bertz CT molecular complexity index is 268. The highest BCUT2D eigenvalue weighted by atomic mass is 16.3. The Balaban J connectivity index is 1.97. The van der Waals surface area contributed by atoms with Crippen LogP contribution in [0.4, 0.5) is 0 Å². The number of aliphatic hydroxyl groups is 2. The third kappa shape index (κ3) is 1.18. The van der Waals surface area contributed by atoms with Gasteiger partial charge in [0.2, 0.25) is 0 Å². The molecule has 4 bridgehead atoms. The molecule has 0 saturated heterocycles. The molecule has 4 aliphatic rings. The molecule has 4 fully saturated rings. The van der Waals surface area contributed by atoms with E-state index in [2.05, 4.69) is 13.8 Å². The number of hydrogen-bond acceptors (Lipinski definition) is 2. The summed E-state index contributed by atoms with van der Waals surface area (Å²) in [7, 11) is 0. The van der Waals surface area contributed by atoms with Crippen molar-refractivity contribution in [1.29, 1.82) is 0 Å². The molecule has 2 N–H and O–H groups in total. The second-order valence-corrected chi connectivity index (χ2v) is 6.61. The van der Waals surface area contributed by atoms with Crippen molar-refractivity contribution in [3.63, 3.8) is 0 Å². The van der Waals surface area contributed by atoms with Gasteiger partial charge in [-0.2, -0.15) is 0 Å². The van der Waals surface area contributed by atoms with Crippen LogP contribution in [0.3, 0.4) is 0 Å². The molecule has 5 atom stereocenters. The van der Waals surface area contributed by atoms with Crippen LogP contribution in [0, 0.1) is 23.7 Å². The van der Waals surface area contributed by atoms with Gasteiger partial charge >= 0.3 is 0 Å². The van der Waals surface area contributed by atoms with Gasteiger partial charge in [0.05, 0.1) is 11.2 Å². The molecule has 0 spiro atoms. The maximum Gasteiger partial charge on any atom is 0.0728 e. The first-order valence-electron chi connectivity index (χ1n) is 6.39. The highest BCUT2D eigenvalue weighted by Crippen LogP contribution is 2.61. The topological polar surface area (TPSA) is 40.5 Å². The van der Waals surface area contributed by atoms with Gasteiger partial charge in [-0.05, 0) is 55.8 Å². The van der Waals surface area contributed by atoms with E-state index in [1.165, 1.54) is 0 Å². The largest absolute Gasteiger partial charge is 0.390 e. The van der Waals surface area contributed by atoms with Crippen molar-refractivity contribution < 1.29 is 10.2 Å². The second-order valence-electron chi connectivity index (χ2n) is 6.61. The smallest absolute Gasteiger partial charge is 0.0728 e. The van der Waals surface area contributed by atoms with Crippen LogP contribution in [0.15, 0.2) is 0 Å². The Labute approximate surface area is 91.7 Å². The summed E-state index contributed by atoms with van der Waals surface area (Å²) in [6, 6.07) is 0. The van der Waals surface area contributed by atoms with Gasteiger partial charge in [-0.3, -0.25) is 0 Å². The molecule has 2 heteroatoms. The van der Waals surface area contributed by atoms with Gasteiger partial charge in [0.25, 0.3) is 0 Å². The van der Waals surface area contributed by atoms with Gasteiger partial charge in [0.1, 0.15) is 0 Å². The minimum absolute atomic E-state index is 0.330. The summed E-state index contributed by atoms with van der Waals surface area (Å²) in [4.78, 5) is 0. The normalized spacial score (nSPS) is 57.8. The zero-order valence-corrected chi connectivity index (χ0v) is 9.74. The number of hydrogen-bond donors (Lipinski definition) is 2. The summed E-state index contributed by atoms with van der Waals surface area (Å²) >= 11 is 0. The molecule has 4 aliphatic carbocycles. The predicted octanol–water partition coefficient (Wildman–Crippen LogP) is 1.94. The van der Waals surface area contributed by atoms with E-state index < -0.39 is 11.2 Å². The van der Waals surface area contributed by atoms with Crippen molar-refractivity contribution in [3.8, 4) is 0 Å². The van der Waals surface area contributed by atoms with E-state index in [9.17, 15) is 10.2 Å². The molecule has 0 amide bonds. The minimum atomic E-state index is -0.483. The van der Waals surface area contributed by atoms with Crippen LogP contribution in [0.2, 0.25) is 0 Å². The molecule has 0 aromatic rings. The lowest BCUT2D eigenvalue weighted by atomic mass is 9.46. The van der Waals surface area contributed by atoms with E-state index in [0.717, 1.165) is 32.1 Å². The Hall–Kier alpha value is -0.0800. The van der Waals surface area contributed by atoms with Crippen LogP contribution in [0.1, 0.15) is 46.0 Å². The summed E-state index contributed by atoms with van der Waals surface area (Å²) < 4.78 is 0. The van der Waals surface area contributed by atoms with E-state index in [4.69, 9.17) is 0 Å². The van der Waals surface area contributed by atoms with Crippen LogP contribution in [-0.4, -0.2) is 21.4 Å². The minimum Gasteiger partial charge on any atom is -0.390 e. The number of rotatable bonds is 1. The highest BCUT2D eigenvalue weighted by Gasteiger charge is 2.62. The van der Waals surface area contributed by atoms with Crippen LogP contribution in [-0.2, 0) is 0 Å². The molecule has 3 unspecified atom stereocenters. The van der Waals surface area contributed by atoms with Crippen molar-refractivity contribution in [1.82, 2.24) is 0 Å². The molecule has 15 heavy (non-hydrogen) atoms.